The largest absolute Gasteiger partial charge is 0.454 e. The summed E-state index contributed by atoms with van der Waals surface area (Å²) in [5.41, 5.74) is 1.55. The first-order valence-electron chi connectivity index (χ1n) is 6.75. The first kappa shape index (κ1) is 13.1. The van der Waals surface area contributed by atoms with E-state index >= 15 is 0 Å². The predicted octanol–water partition coefficient (Wildman–Crippen LogP) is 2.71. The molecule has 0 aliphatic carbocycles. The molecule has 0 atom stereocenters. The molecule has 1 amide bonds. The molecule has 0 saturated carbocycles. The number of aromatic nitrogens is 1. The molecular formula is C16H12N2O3S. The normalized spacial score (nSPS) is 13.8. The molecule has 0 radical (unpaired) electrons. The van der Waals surface area contributed by atoms with Crippen LogP contribution in [0.2, 0.25) is 0 Å². The quantitative estimate of drug-likeness (QED) is 0.694. The Morgan fingerprint density at radius 2 is 2.00 bits per heavy atom. The Morgan fingerprint density at radius 1 is 1.18 bits per heavy atom. The van der Waals surface area contributed by atoms with Crippen LogP contribution in [0, 0.1) is 0 Å². The molecule has 1 aliphatic rings. The number of ether oxygens (including phenoxy) is 2. The lowest BCUT2D eigenvalue weighted by atomic mass is 10.2. The second kappa shape index (κ2) is 4.99. The second-order valence-electron chi connectivity index (χ2n) is 4.90. The van der Waals surface area contributed by atoms with Crippen molar-refractivity contribution in [2.45, 2.75) is 0 Å². The van der Waals surface area contributed by atoms with Gasteiger partial charge >= 0.3 is 0 Å². The van der Waals surface area contributed by atoms with Crippen LogP contribution >= 0.6 is 11.3 Å². The summed E-state index contributed by atoms with van der Waals surface area (Å²) >= 11 is 1.49. The number of nitrogens with zero attached hydrogens (tertiary/aromatic N) is 2. The highest BCUT2D eigenvalue weighted by Crippen LogP contribution is 2.32. The van der Waals surface area contributed by atoms with Gasteiger partial charge < -0.3 is 14.0 Å². The fourth-order valence-corrected chi connectivity index (χ4v) is 3.39. The molecule has 1 aliphatic heterocycles. The van der Waals surface area contributed by atoms with Gasteiger partial charge in [0.2, 0.25) is 6.79 Å². The average molecular weight is 312 g/mol. The first-order chi connectivity index (χ1) is 10.7. The number of hydrogen-bond donors (Lipinski definition) is 0. The van der Waals surface area contributed by atoms with E-state index in [0.717, 1.165) is 10.2 Å². The Bertz CT molecular complexity index is 955. The Hall–Kier alpha value is -2.60. The van der Waals surface area contributed by atoms with E-state index in [9.17, 15) is 4.79 Å². The number of thiazole rings is 1. The molecule has 6 heteroatoms. The molecule has 22 heavy (non-hydrogen) atoms. The zero-order chi connectivity index (χ0) is 15.1. The number of benzene rings is 2. The Balaban J connectivity index is 1.77. The molecule has 2 aromatic carbocycles. The zero-order valence-corrected chi connectivity index (χ0v) is 12.6. The number of aryl methyl sites for hydroxylation is 1. The van der Waals surface area contributed by atoms with E-state index in [1.165, 1.54) is 11.3 Å². The van der Waals surface area contributed by atoms with Crippen molar-refractivity contribution in [2.24, 2.45) is 12.0 Å². The van der Waals surface area contributed by atoms with Crippen LogP contribution in [-0.2, 0) is 7.05 Å². The molecule has 3 aromatic rings. The van der Waals surface area contributed by atoms with E-state index in [4.69, 9.17) is 9.47 Å². The van der Waals surface area contributed by atoms with Crippen molar-refractivity contribution < 1.29 is 14.3 Å². The van der Waals surface area contributed by atoms with Gasteiger partial charge in [-0.2, -0.15) is 4.99 Å². The lowest BCUT2D eigenvalue weighted by molar-refractivity contribution is 0.0997. The van der Waals surface area contributed by atoms with Gasteiger partial charge in [-0.05, 0) is 30.3 Å². The molecule has 0 unspecified atom stereocenters. The van der Waals surface area contributed by atoms with Gasteiger partial charge in [0, 0.05) is 12.6 Å². The third-order valence-electron chi connectivity index (χ3n) is 3.53. The monoisotopic (exact) mass is 312 g/mol. The van der Waals surface area contributed by atoms with Crippen LogP contribution in [-0.4, -0.2) is 17.3 Å². The summed E-state index contributed by atoms with van der Waals surface area (Å²) in [6.45, 7) is 0.190. The smallest absolute Gasteiger partial charge is 0.279 e. The van der Waals surface area contributed by atoms with Crippen molar-refractivity contribution in [3.63, 3.8) is 0 Å². The van der Waals surface area contributed by atoms with E-state index in [-0.39, 0.29) is 12.7 Å². The van der Waals surface area contributed by atoms with Crippen LogP contribution in [0.3, 0.4) is 0 Å². The lowest BCUT2D eigenvalue weighted by Gasteiger charge is -1.98. The maximum absolute atomic E-state index is 12.4. The fraction of sp³-hybridized carbons (Fsp3) is 0.125. The summed E-state index contributed by atoms with van der Waals surface area (Å²) in [4.78, 5) is 17.3. The van der Waals surface area contributed by atoms with Crippen LogP contribution in [0.15, 0.2) is 47.5 Å². The molecule has 0 N–H and O–H groups in total. The van der Waals surface area contributed by atoms with Gasteiger partial charge in [-0.1, -0.05) is 23.5 Å². The summed E-state index contributed by atoms with van der Waals surface area (Å²) < 4.78 is 13.6. The number of para-hydroxylation sites is 1. The average Bonchev–Trinajstić information content (AvgIpc) is 3.12. The van der Waals surface area contributed by atoms with Crippen LogP contribution in [0.5, 0.6) is 11.5 Å². The summed E-state index contributed by atoms with van der Waals surface area (Å²) in [6, 6.07) is 13.1. The molecule has 5 nitrogen and oxygen atoms in total. The molecule has 110 valence electrons. The van der Waals surface area contributed by atoms with Crippen LogP contribution < -0.4 is 14.3 Å². The van der Waals surface area contributed by atoms with Gasteiger partial charge in [0.05, 0.1) is 10.2 Å². The minimum atomic E-state index is -0.291. The van der Waals surface area contributed by atoms with Gasteiger partial charge in [-0.15, -0.1) is 0 Å². The third kappa shape index (κ3) is 2.08. The number of amides is 1. The minimum Gasteiger partial charge on any atom is -0.454 e. The molecule has 1 aromatic heterocycles. The predicted molar refractivity (Wildman–Crippen MR) is 83.3 cm³/mol. The maximum Gasteiger partial charge on any atom is 0.279 e. The SMILES string of the molecule is Cn1c(=NC(=O)c2ccc3c(c2)OCO3)sc2ccccc21. The third-order valence-corrected chi connectivity index (χ3v) is 4.64. The van der Waals surface area contributed by atoms with Gasteiger partial charge in [0.1, 0.15) is 0 Å². The minimum absolute atomic E-state index is 0.190. The standard InChI is InChI=1S/C16H12N2O3S/c1-18-11-4-2-3-5-14(11)22-16(18)17-15(19)10-6-7-12-13(8-10)21-9-20-12/h2-8H,9H2,1H3. The van der Waals surface area contributed by atoms with Crippen molar-refractivity contribution in [1.29, 1.82) is 0 Å². The fourth-order valence-electron chi connectivity index (χ4n) is 2.37. The Kier molecular flexibility index (Phi) is 2.97. The van der Waals surface area contributed by atoms with E-state index < -0.39 is 0 Å². The Morgan fingerprint density at radius 3 is 2.86 bits per heavy atom. The number of hydrogen-bond acceptors (Lipinski definition) is 4. The van der Waals surface area contributed by atoms with Crippen LogP contribution in [0.1, 0.15) is 10.4 Å². The molecule has 0 fully saturated rings. The van der Waals surface area contributed by atoms with Crippen LogP contribution in [0.25, 0.3) is 10.2 Å². The highest BCUT2D eigenvalue weighted by molar-refractivity contribution is 7.16. The van der Waals surface area contributed by atoms with Gasteiger partial charge in [-0.25, -0.2) is 0 Å². The number of rotatable bonds is 1. The second-order valence-corrected chi connectivity index (χ2v) is 5.91. The number of fused-ring (bicyclic) bond motifs is 2. The topological polar surface area (TPSA) is 52.8 Å². The van der Waals surface area contributed by atoms with E-state index in [0.29, 0.717) is 21.9 Å². The number of carbonyl (C=O) groups excluding carboxylic acids is 1. The Labute approximate surface area is 130 Å². The number of carbonyl (C=O) groups is 1. The van der Waals surface area contributed by atoms with Crippen LogP contribution in [0.4, 0.5) is 0 Å². The van der Waals surface area contributed by atoms with Crippen molar-refractivity contribution in [3.05, 3.63) is 52.8 Å². The van der Waals surface area contributed by atoms with E-state index in [1.54, 1.807) is 18.2 Å². The lowest BCUT2D eigenvalue weighted by Crippen LogP contribution is -2.13. The van der Waals surface area contributed by atoms with Gasteiger partial charge in [-0.3, -0.25) is 4.79 Å². The summed E-state index contributed by atoms with van der Waals surface area (Å²) in [6.07, 6.45) is 0. The van der Waals surface area contributed by atoms with Crippen molar-refractivity contribution in [2.75, 3.05) is 6.79 Å². The summed E-state index contributed by atoms with van der Waals surface area (Å²) in [7, 11) is 1.91. The highest BCUT2D eigenvalue weighted by Gasteiger charge is 2.16. The van der Waals surface area contributed by atoms with Gasteiger partial charge in [0.25, 0.3) is 5.91 Å². The van der Waals surface area contributed by atoms with E-state index in [2.05, 4.69) is 4.99 Å². The molecule has 0 bridgehead atoms. The summed E-state index contributed by atoms with van der Waals surface area (Å²) in [5.74, 6) is 0.950. The zero-order valence-electron chi connectivity index (χ0n) is 11.8. The first-order valence-corrected chi connectivity index (χ1v) is 7.57. The maximum atomic E-state index is 12.4. The van der Waals surface area contributed by atoms with Gasteiger partial charge in [0.15, 0.2) is 16.3 Å². The summed E-state index contributed by atoms with van der Waals surface area (Å²) in [5, 5.41) is 0. The highest BCUT2D eigenvalue weighted by atomic mass is 32.1. The molecule has 2 heterocycles. The van der Waals surface area contributed by atoms with E-state index in [1.807, 2.05) is 35.9 Å². The molecule has 4 rings (SSSR count). The van der Waals surface area contributed by atoms with Crippen molar-refractivity contribution >= 4 is 27.5 Å². The van der Waals surface area contributed by atoms with Crippen molar-refractivity contribution in [1.82, 2.24) is 4.57 Å². The molecular weight excluding hydrogens is 300 g/mol. The molecule has 0 saturated heterocycles. The van der Waals surface area contributed by atoms with Crippen molar-refractivity contribution in [3.8, 4) is 11.5 Å². The molecule has 0 spiro atoms.